The van der Waals surface area contributed by atoms with E-state index in [1.54, 1.807) is 11.9 Å². The number of nitrogens with zero attached hydrogens (tertiary/aromatic N) is 1. The summed E-state index contributed by atoms with van der Waals surface area (Å²) in [4.78, 5) is 37.3. The highest BCUT2D eigenvalue weighted by molar-refractivity contribution is 5.95. The molecule has 0 aliphatic carbocycles. The molecule has 26 heavy (non-hydrogen) atoms. The van der Waals surface area contributed by atoms with Crippen LogP contribution >= 0.6 is 0 Å². The van der Waals surface area contributed by atoms with Crippen molar-refractivity contribution >= 4 is 23.5 Å². The van der Waals surface area contributed by atoms with Crippen molar-refractivity contribution in [3.05, 3.63) is 29.3 Å². The summed E-state index contributed by atoms with van der Waals surface area (Å²) in [5.74, 6) is -0.527. The van der Waals surface area contributed by atoms with Gasteiger partial charge < -0.3 is 10.6 Å². The van der Waals surface area contributed by atoms with Crippen molar-refractivity contribution in [1.82, 2.24) is 15.5 Å². The second kappa shape index (κ2) is 9.33. The summed E-state index contributed by atoms with van der Waals surface area (Å²) in [6, 6.07) is 5.24. The summed E-state index contributed by atoms with van der Waals surface area (Å²) in [6.45, 7) is 9.98. The molecule has 7 heteroatoms. The molecule has 0 atom stereocenters. The van der Waals surface area contributed by atoms with Crippen molar-refractivity contribution in [3.63, 3.8) is 0 Å². The van der Waals surface area contributed by atoms with E-state index in [4.69, 9.17) is 0 Å². The average molecular weight is 362 g/mol. The zero-order valence-electron chi connectivity index (χ0n) is 16.5. The maximum Gasteiger partial charge on any atom is 0.321 e. The second-order valence-corrected chi connectivity index (χ2v) is 7.54. The topological polar surface area (TPSA) is 90.5 Å². The first kappa shape index (κ1) is 21.6. The van der Waals surface area contributed by atoms with Gasteiger partial charge in [-0.1, -0.05) is 12.1 Å². The van der Waals surface area contributed by atoms with Crippen LogP contribution in [0, 0.1) is 13.8 Å². The molecule has 3 N–H and O–H groups in total. The third-order valence-corrected chi connectivity index (χ3v) is 3.75. The van der Waals surface area contributed by atoms with E-state index in [1.807, 2.05) is 52.8 Å². The molecule has 1 aromatic rings. The van der Waals surface area contributed by atoms with Gasteiger partial charge in [-0.05, 0) is 58.9 Å². The molecule has 0 unspecified atom stereocenters. The van der Waals surface area contributed by atoms with E-state index >= 15 is 0 Å². The Morgan fingerprint density at radius 3 is 2.35 bits per heavy atom. The van der Waals surface area contributed by atoms with Crippen molar-refractivity contribution in [3.8, 4) is 0 Å². The Bertz CT molecular complexity index is 665. The number of hydrogen-bond donors (Lipinski definition) is 3. The van der Waals surface area contributed by atoms with Crippen LogP contribution in [0.25, 0.3) is 0 Å². The van der Waals surface area contributed by atoms with E-state index in [0.29, 0.717) is 6.54 Å². The van der Waals surface area contributed by atoms with E-state index < -0.39 is 11.6 Å². The number of urea groups is 1. The summed E-state index contributed by atoms with van der Waals surface area (Å²) < 4.78 is 0. The van der Waals surface area contributed by atoms with E-state index in [-0.39, 0.29) is 24.8 Å². The predicted octanol–water partition coefficient (Wildman–Crippen LogP) is 2.19. The number of amides is 4. The van der Waals surface area contributed by atoms with Crippen LogP contribution in [-0.4, -0.2) is 48.4 Å². The molecule has 1 aromatic carbocycles. The van der Waals surface area contributed by atoms with Crippen LogP contribution < -0.4 is 16.0 Å². The Morgan fingerprint density at radius 2 is 1.73 bits per heavy atom. The minimum absolute atomic E-state index is 0.130. The minimum Gasteiger partial charge on any atom is -0.333 e. The highest BCUT2D eigenvalue weighted by Crippen LogP contribution is 2.17. The van der Waals surface area contributed by atoms with Gasteiger partial charge in [-0.2, -0.15) is 0 Å². The number of rotatable bonds is 6. The standard InChI is InChI=1S/C19H30N4O3/c1-13-8-7-9-15(14(13)2)20-17(25)12-23(6)11-10-16(24)21-18(26)22-19(3,4)5/h7-9H,10-12H2,1-6H3,(H,20,25)(H2,21,22,24,26). The van der Waals surface area contributed by atoms with Gasteiger partial charge in [0.2, 0.25) is 11.8 Å². The van der Waals surface area contributed by atoms with Crippen LogP contribution in [0.2, 0.25) is 0 Å². The molecule has 0 spiro atoms. The lowest BCUT2D eigenvalue weighted by atomic mass is 10.1. The Morgan fingerprint density at radius 1 is 1.08 bits per heavy atom. The van der Waals surface area contributed by atoms with Gasteiger partial charge in [0, 0.05) is 24.2 Å². The van der Waals surface area contributed by atoms with Crippen LogP contribution in [0.15, 0.2) is 18.2 Å². The van der Waals surface area contributed by atoms with Gasteiger partial charge in [0.15, 0.2) is 0 Å². The molecule has 0 aliphatic heterocycles. The first-order valence-corrected chi connectivity index (χ1v) is 8.64. The van der Waals surface area contributed by atoms with Crippen molar-refractivity contribution in [2.45, 2.75) is 46.6 Å². The Kier molecular flexibility index (Phi) is 7.76. The molecule has 0 aliphatic rings. The third-order valence-electron chi connectivity index (χ3n) is 3.75. The number of carbonyl (C=O) groups excluding carboxylic acids is 3. The average Bonchev–Trinajstić information content (AvgIpc) is 2.47. The van der Waals surface area contributed by atoms with E-state index in [1.165, 1.54) is 0 Å². The highest BCUT2D eigenvalue weighted by atomic mass is 16.2. The zero-order chi connectivity index (χ0) is 19.9. The van der Waals surface area contributed by atoms with Gasteiger partial charge in [0.05, 0.1) is 6.54 Å². The first-order valence-electron chi connectivity index (χ1n) is 8.64. The summed E-state index contributed by atoms with van der Waals surface area (Å²) in [5.41, 5.74) is 2.53. The molecule has 0 radical (unpaired) electrons. The quantitative estimate of drug-likeness (QED) is 0.723. The van der Waals surface area contributed by atoms with Gasteiger partial charge in [-0.25, -0.2) is 4.79 Å². The number of likely N-dealkylation sites (N-methyl/N-ethyl adjacent to an activating group) is 1. The Hall–Kier alpha value is -2.41. The molecule has 0 bridgehead atoms. The number of nitrogens with one attached hydrogen (secondary N) is 3. The zero-order valence-corrected chi connectivity index (χ0v) is 16.5. The molecule has 0 fully saturated rings. The van der Waals surface area contributed by atoms with Crippen LogP contribution in [0.1, 0.15) is 38.3 Å². The molecular weight excluding hydrogens is 332 g/mol. The summed E-state index contributed by atoms with van der Waals surface area (Å²) >= 11 is 0. The van der Waals surface area contributed by atoms with Crippen LogP contribution in [0.4, 0.5) is 10.5 Å². The van der Waals surface area contributed by atoms with Gasteiger partial charge in [0.1, 0.15) is 0 Å². The largest absolute Gasteiger partial charge is 0.333 e. The van der Waals surface area contributed by atoms with Gasteiger partial charge in [-0.3, -0.25) is 19.8 Å². The smallest absolute Gasteiger partial charge is 0.321 e. The lowest BCUT2D eigenvalue weighted by molar-refractivity contribution is -0.121. The molecule has 0 saturated carbocycles. The number of imide groups is 1. The summed E-state index contributed by atoms with van der Waals surface area (Å²) in [5, 5.41) is 7.82. The lowest BCUT2D eigenvalue weighted by Crippen LogP contribution is -2.48. The van der Waals surface area contributed by atoms with Crippen molar-refractivity contribution in [1.29, 1.82) is 0 Å². The maximum atomic E-state index is 12.1. The molecule has 0 heterocycles. The Balaban J connectivity index is 2.38. The van der Waals surface area contributed by atoms with E-state index in [0.717, 1.165) is 16.8 Å². The highest BCUT2D eigenvalue weighted by Gasteiger charge is 2.16. The van der Waals surface area contributed by atoms with E-state index in [9.17, 15) is 14.4 Å². The minimum atomic E-state index is -0.516. The lowest BCUT2D eigenvalue weighted by Gasteiger charge is -2.21. The SMILES string of the molecule is Cc1cccc(NC(=O)CN(C)CCC(=O)NC(=O)NC(C)(C)C)c1C. The van der Waals surface area contributed by atoms with Gasteiger partial charge >= 0.3 is 6.03 Å². The van der Waals surface area contributed by atoms with Gasteiger partial charge in [-0.15, -0.1) is 0 Å². The van der Waals surface area contributed by atoms with Crippen molar-refractivity contribution in [2.75, 3.05) is 25.5 Å². The van der Waals surface area contributed by atoms with Crippen LogP contribution in [0.3, 0.4) is 0 Å². The second-order valence-electron chi connectivity index (χ2n) is 7.54. The van der Waals surface area contributed by atoms with Crippen LogP contribution in [0.5, 0.6) is 0 Å². The number of aryl methyl sites for hydroxylation is 1. The monoisotopic (exact) mass is 362 g/mol. The number of benzene rings is 1. The number of hydrogen-bond acceptors (Lipinski definition) is 4. The predicted molar refractivity (Wildman–Crippen MR) is 103 cm³/mol. The van der Waals surface area contributed by atoms with Crippen molar-refractivity contribution in [2.24, 2.45) is 0 Å². The molecule has 0 saturated heterocycles. The normalized spacial score (nSPS) is 11.2. The number of anilines is 1. The Labute approximate surface area is 155 Å². The molecule has 7 nitrogen and oxygen atoms in total. The molecule has 0 aromatic heterocycles. The van der Waals surface area contributed by atoms with Crippen LogP contribution in [-0.2, 0) is 9.59 Å². The molecule has 1 rings (SSSR count). The molecular formula is C19H30N4O3. The fourth-order valence-electron chi connectivity index (χ4n) is 2.25. The van der Waals surface area contributed by atoms with Crippen molar-refractivity contribution < 1.29 is 14.4 Å². The first-order chi connectivity index (χ1) is 12.0. The fourth-order valence-corrected chi connectivity index (χ4v) is 2.25. The third kappa shape index (κ3) is 8.11. The summed E-state index contributed by atoms with van der Waals surface area (Å²) in [7, 11) is 1.76. The van der Waals surface area contributed by atoms with Gasteiger partial charge in [0.25, 0.3) is 0 Å². The number of carbonyl (C=O) groups is 3. The molecule has 4 amide bonds. The molecule has 144 valence electrons. The maximum absolute atomic E-state index is 12.1. The van der Waals surface area contributed by atoms with E-state index in [2.05, 4.69) is 16.0 Å². The summed E-state index contributed by atoms with van der Waals surface area (Å²) in [6.07, 6.45) is 0.130. The fraction of sp³-hybridized carbons (Fsp3) is 0.526.